The third kappa shape index (κ3) is 3.14. The van der Waals surface area contributed by atoms with Crippen LogP contribution >= 0.6 is 0 Å². The lowest BCUT2D eigenvalue weighted by atomic mass is 10.1. The predicted octanol–water partition coefficient (Wildman–Crippen LogP) is -1.19. The molecule has 3 heterocycles. The third-order valence-electron chi connectivity index (χ3n) is 3.86. The fourth-order valence-corrected chi connectivity index (χ4v) is 2.63. The highest BCUT2D eigenvalue weighted by molar-refractivity contribution is 5.45. The molecular weight excluding hydrogens is 274 g/mol. The van der Waals surface area contributed by atoms with E-state index in [1.54, 1.807) is 0 Å². The summed E-state index contributed by atoms with van der Waals surface area (Å²) in [5.41, 5.74) is 2.50. The molecule has 1 atom stereocenters. The molecule has 4 N–H and O–H groups in total. The molecule has 21 heavy (non-hydrogen) atoms. The summed E-state index contributed by atoms with van der Waals surface area (Å²) in [4.78, 5) is 17.3. The minimum absolute atomic E-state index is 0.194. The molecule has 0 aliphatic carbocycles. The first kappa shape index (κ1) is 14.2. The summed E-state index contributed by atoms with van der Waals surface area (Å²) in [5, 5.41) is 9.26. The normalized spacial score (nSPS) is 22.7. The molecule has 9 nitrogen and oxygen atoms in total. The van der Waals surface area contributed by atoms with Crippen LogP contribution < -0.4 is 21.1 Å². The zero-order valence-corrected chi connectivity index (χ0v) is 11.9. The molecule has 0 aromatic carbocycles. The lowest BCUT2D eigenvalue weighted by Gasteiger charge is -2.27. The van der Waals surface area contributed by atoms with E-state index in [2.05, 4.69) is 30.2 Å². The second-order valence-corrected chi connectivity index (χ2v) is 5.29. The summed E-state index contributed by atoms with van der Waals surface area (Å²) < 4.78 is 5.35. The van der Waals surface area contributed by atoms with Crippen molar-refractivity contribution in [3.63, 3.8) is 0 Å². The fraction of sp³-hybridized carbons (Fsp3) is 0.750. The van der Waals surface area contributed by atoms with Crippen LogP contribution in [0.3, 0.4) is 0 Å². The molecule has 1 aromatic rings. The average Bonchev–Trinajstić information content (AvgIpc) is 3.04. The summed E-state index contributed by atoms with van der Waals surface area (Å²) in [6.45, 7) is 4.64. The predicted molar refractivity (Wildman–Crippen MR) is 78.1 cm³/mol. The molecule has 2 fully saturated rings. The number of nitrogens with one attached hydrogen (secondary N) is 1. The average molecular weight is 295 g/mol. The molecule has 2 aliphatic heterocycles. The number of hydrogen-bond acceptors (Lipinski definition) is 9. The van der Waals surface area contributed by atoms with Crippen LogP contribution in [0.25, 0.3) is 0 Å². The monoisotopic (exact) mass is 295 g/mol. The van der Waals surface area contributed by atoms with Crippen LogP contribution in [0.15, 0.2) is 0 Å². The van der Waals surface area contributed by atoms with Gasteiger partial charge >= 0.3 is 0 Å². The Labute approximate surface area is 123 Å². The van der Waals surface area contributed by atoms with Crippen molar-refractivity contribution in [3.05, 3.63) is 0 Å². The van der Waals surface area contributed by atoms with Gasteiger partial charge < -0.3 is 19.6 Å². The lowest BCUT2D eigenvalue weighted by Crippen LogP contribution is -2.38. The SMILES string of the molecule is NNc1nc(N2CCOCC2)nc(N2CCC(CO)C2)n1. The number of morpholine rings is 1. The van der Waals surface area contributed by atoms with Crippen molar-refractivity contribution >= 4 is 17.8 Å². The number of anilines is 3. The molecule has 1 unspecified atom stereocenters. The molecule has 0 bridgehead atoms. The van der Waals surface area contributed by atoms with Crippen molar-refractivity contribution < 1.29 is 9.84 Å². The molecule has 2 saturated heterocycles. The Balaban J connectivity index is 1.82. The van der Waals surface area contributed by atoms with E-state index >= 15 is 0 Å². The Hall–Kier alpha value is -1.71. The van der Waals surface area contributed by atoms with Gasteiger partial charge in [-0.15, -0.1) is 0 Å². The number of hydrogen-bond donors (Lipinski definition) is 3. The number of aromatic nitrogens is 3. The van der Waals surface area contributed by atoms with E-state index in [0.29, 0.717) is 31.1 Å². The minimum Gasteiger partial charge on any atom is -0.396 e. The topological polar surface area (TPSA) is 113 Å². The van der Waals surface area contributed by atoms with E-state index in [-0.39, 0.29) is 12.5 Å². The zero-order valence-electron chi connectivity index (χ0n) is 11.9. The molecule has 3 rings (SSSR count). The molecular formula is C12H21N7O2. The van der Waals surface area contributed by atoms with Crippen molar-refractivity contribution in [2.24, 2.45) is 11.8 Å². The van der Waals surface area contributed by atoms with Gasteiger partial charge in [-0.1, -0.05) is 0 Å². The molecule has 1 aromatic heterocycles. The zero-order chi connectivity index (χ0) is 14.7. The highest BCUT2D eigenvalue weighted by Gasteiger charge is 2.25. The number of aliphatic hydroxyl groups excluding tert-OH is 1. The highest BCUT2D eigenvalue weighted by Crippen LogP contribution is 2.23. The Morgan fingerprint density at radius 1 is 1.14 bits per heavy atom. The second kappa shape index (κ2) is 6.37. The standard InChI is InChI=1S/C12H21N7O2/c13-17-10-14-11(18-3-5-21-6-4-18)16-12(15-10)19-2-1-9(7-19)8-20/h9,20H,1-8,13H2,(H,14,15,16,17). The first-order valence-corrected chi connectivity index (χ1v) is 7.21. The molecule has 9 heteroatoms. The quantitative estimate of drug-likeness (QED) is 0.466. The summed E-state index contributed by atoms with van der Waals surface area (Å²) in [5.74, 6) is 7.32. The van der Waals surface area contributed by atoms with Gasteiger partial charge in [0, 0.05) is 38.7 Å². The second-order valence-electron chi connectivity index (χ2n) is 5.29. The smallest absolute Gasteiger partial charge is 0.243 e. The Bertz CT molecular complexity index is 481. The van der Waals surface area contributed by atoms with Gasteiger partial charge in [-0.05, 0) is 6.42 Å². The van der Waals surface area contributed by atoms with Gasteiger partial charge in [0.2, 0.25) is 17.8 Å². The van der Waals surface area contributed by atoms with Crippen molar-refractivity contribution in [2.45, 2.75) is 6.42 Å². The maximum Gasteiger partial charge on any atom is 0.243 e. The third-order valence-corrected chi connectivity index (χ3v) is 3.86. The van der Waals surface area contributed by atoms with Gasteiger partial charge in [0.25, 0.3) is 0 Å². The summed E-state index contributed by atoms with van der Waals surface area (Å²) in [6.07, 6.45) is 0.945. The van der Waals surface area contributed by atoms with Crippen LogP contribution in [0.4, 0.5) is 17.8 Å². The van der Waals surface area contributed by atoms with Gasteiger partial charge in [0.15, 0.2) is 0 Å². The van der Waals surface area contributed by atoms with Crippen molar-refractivity contribution in [1.82, 2.24) is 15.0 Å². The van der Waals surface area contributed by atoms with E-state index < -0.39 is 0 Å². The number of ether oxygens (including phenoxy) is 1. The van der Waals surface area contributed by atoms with Gasteiger partial charge in [-0.3, -0.25) is 5.43 Å². The van der Waals surface area contributed by atoms with Crippen LogP contribution in [0.5, 0.6) is 0 Å². The Morgan fingerprint density at radius 2 is 1.86 bits per heavy atom. The maximum absolute atomic E-state index is 9.26. The molecule has 0 radical (unpaired) electrons. The van der Waals surface area contributed by atoms with E-state index in [1.165, 1.54) is 0 Å². The fourth-order valence-electron chi connectivity index (χ4n) is 2.63. The largest absolute Gasteiger partial charge is 0.396 e. The van der Waals surface area contributed by atoms with Crippen molar-refractivity contribution in [2.75, 3.05) is 61.2 Å². The Kier molecular flexibility index (Phi) is 4.32. The number of nitrogens with two attached hydrogens (primary N) is 1. The summed E-state index contributed by atoms with van der Waals surface area (Å²) in [6, 6.07) is 0. The van der Waals surface area contributed by atoms with Crippen LogP contribution in [0.2, 0.25) is 0 Å². The number of aliphatic hydroxyl groups is 1. The van der Waals surface area contributed by atoms with Gasteiger partial charge in [0.1, 0.15) is 0 Å². The van der Waals surface area contributed by atoms with Gasteiger partial charge in [0.05, 0.1) is 13.2 Å². The van der Waals surface area contributed by atoms with E-state index in [9.17, 15) is 5.11 Å². The van der Waals surface area contributed by atoms with Crippen molar-refractivity contribution in [1.29, 1.82) is 0 Å². The first-order chi connectivity index (χ1) is 10.3. The molecule has 116 valence electrons. The van der Waals surface area contributed by atoms with E-state index in [1.807, 2.05) is 0 Å². The Morgan fingerprint density at radius 3 is 2.48 bits per heavy atom. The number of hydrazine groups is 1. The lowest BCUT2D eigenvalue weighted by molar-refractivity contribution is 0.122. The van der Waals surface area contributed by atoms with Crippen LogP contribution in [0.1, 0.15) is 6.42 Å². The van der Waals surface area contributed by atoms with E-state index in [0.717, 1.165) is 32.6 Å². The molecule has 0 saturated carbocycles. The highest BCUT2D eigenvalue weighted by atomic mass is 16.5. The molecule has 0 spiro atoms. The van der Waals surface area contributed by atoms with E-state index in [4.69, 9.17) is 10.6 Å². The number of nitrogen functional groups attached to an aromatic ring is 1. The van der Waals surface area contributed by atoms with Crippen LogP contribution in [0, 0.1) is 5.92 Å². The molecule has 2 aliphatic rings. The summed E-state index contributed by atoms with van der Waals surface area (Å²) in [7, 11) is 0. The maximum atomic E-state index is 9.26. The van der Waals surface area contributed by atoms with Crippen LogP contribution in [-0.2, 0) is 4.74 Å². The number of nitrogens with zero attached hydrogens (tertiary/aromatic N) is 5. The van der Waals surface area contributed by atoms with Crippen LogP contribution in [-0.4, -0.2) is 66.1 Å². The molecule has 0 amide bonds. The first-order valence-electron chi connectivity index (χ1n) is 7.21. The minimum atomic E-state index is 0.194. The van der Waals surface area contributed by atoms with Gasteiger partial charge in [-0.2, -0.15) is 15.0 Å². The number of rotatable bonds is 4. The summed E-state index contributed by atoms with van der Waals surface area (Å²) >= 11 is 0. The van der Waals surface area contributed by atoms with Gasteiger partial charge in [-0.25, -0.2) is 5.84 Å². The van der Waals surface area contributed by atoms with Crippen molar-refractivity contribution in [3.8, 4) is 0 Å².